The fourth-order valence-corrected chi connectivity index (χ4v) is 2.75. The van der Waals surface area contributed by atoms with Crippen LogP contribution < -0.4 is 15.2 Å². The van der Waals surface area contributed by atoms with Crippen molar-refractivity contribution in [2.24, 2.45) is 7.05 Å². The van der Waals surface area contributed by atoms with E-state index < -0.39 is 0 Å². The van der Waals surface area contributed by atoms with Crippen LogP contribution in [0.1, 0.15) is 6.42 Å². The predicted octanol–water partition coefficient (Wildman–Crippen LogP) is 2.74. The Hall–Kier alpha value is -1.72. The van der Waals surface area contributed by atoms with Gasteiger partial charge in [-0.2, -0.15) is 0 Å². The molecule has 0 N–H and O–H groups in total. The molecule has 0 amide bonds. The van der Waals surface area contributed by atoms with Crippen molar-refractivity contribution >= 4 is 29.0 Å². The Morgan fingerprint density at radius 2 is 2.14 bits per heavy atom. The molecule has 1 atom stereocenters. The minimum atomic E-state index is -0.0994. The molecule has 7 heteroatoms. The first kappa shape index (κ1) is 15.2. The van der Waals surface area contributed by atoms with E-state index in [9.17, 15) is 4.79 Å². The van der Waals surface area contributed by atoms with Gasteiger partial charge in [-0.1, -0.05) is 23.2 Å². The van der Waals surface area contributed by atoms with Gasteiger partial charge in [0.25, 0.3) is 5.56 Å². The molecule has 0 radical (unpaired) electrons. The Morgan fingerprint density at radius 1 is 1.32 bits per heavy atom. The maximum Gasteiger partial charge on any atom is 0.293 e. The molecule has 22 heavy (non-hydrogen) atoms. The molecule has 1 aliphatic heterocycles. The molecule has 5 nitrogen and oxygen atoms in total. The number of aromatic nitrogens is 2. The summed E-state index contributed by atoms with van der Waals surface area (Å²) in [5.41, 5.74) is -0.0994. The lowest BCUT2D eigenvalue weighted by Gasteiger charge is -2.18. The molecular formula is C15H15Cl2N3O2. The fourth-order valence-electron chi connectivity index (χ4n) is 2.46. The smallest absolute Gasteiger partial charge is 0.293 e. The molecule has 2 heterocycles. The highest BCUT2D eigenvalue weighted by molar-refractivity contribution is 6.42. The van der Waals surface area contributed by atoms with Crippen molar-refractivity contribution in [3.63, 3.8) is 0 Å². The first-order chi connectivity index (χ1) is 10.5. The van der Waals surface area contributed by atoms with Crippen molar-refractivity contribution in [3.05, 3.63) is 51.0 Å². The van der Waals surface area contributed by atoms with Crippen LogP contribution >= 0.6 is 23.2 Å². The van der Waals surface area contributed by atoms with E-state index in [4.69, 9.17) is 27.9 Å². The van der Waals surface area contributed by atoms with Crippen LogP contribution in [0.2, 0.25) is 10.0 Å². The summed E-state index contributed by atoms with van der Waals surface area (Å²) >= 11 is 11.9. The van der Waals surface area contributed by atoms with Gasteiger partial charge in [0.1, 0.15) is 11.9 Å². The number of aryl methyl sites for hydroxylation is 1. The van der Waals surface area contributed by atoms with Crippen LogP contribution in [0.15, 0.2) is 35.4 Å². The largest absolute Gasteiger partial charge is 0.488 e. The second-order valence-corrected chi connectivity index (χ2v) is 6.03. The molecule has 3 rings (SSSR count). The number of hydrogen-bond donors (Lipinski definition) is 0. The number of ether oxygens (including phenoxy) is 1. The summed E-state index contributed by atoms with van der Waals surface area (Å²) in [7, 11) is 1.72. The van der Waals surface area contributed by atoms with Crippen LogP contribution in [0, 0.1) is 0 Å². The van der Waals surface area contributed by atoms with Gasteiger partial charge < -0.3 is 14.2 Å². The van der Waals surface area contributed by atoms with Crippen molar-refractivity contribution in [3.8, 4) is 5.75 Å². The molecule has 1 aromatic heterocycles. The van der Waals surface area contributed by atoms with Crippen molar-refractivity contribution in [2.45, 2.75) is 12.5 Å². The maximum atomic E-state index is 12.1. The normalized spacial score (nSPS) is 17.8. The Kier molecular flexibility index (Phi) is 4.27. The van der Waals surface area contributed by atoms with Gasteiger partial charge in [-0.3, -0.25) is 4.79 Å². The van der Waals surface area contributed by atoms with Crippen LogP contribution in [-0.4, -0.2) is 28.7 Å². The molecule has 0 spiro atoms. The summed E-state index contributed by atoms with van der Waals surface area (Å²) in [4.78, 5) is 18.2. The van der Waals surface area contributed by atoms with Gasteiger partial charge in [-0.25, -0.2) is 4.98 Å². The van der Waals surface area contributed by atoms with Gasteiger partial charge in [-0.15, -0.1) is 0 Å². The molecule has 0 saturated carbocycles. The lowest BCUT2D eigenvalue weighted by atomic mass is 10.3. The van der Waals surface area contributed by atoms with Crippen molar-refractivity contribution < 1.29 is 4.74 Å². The van der Waals surface area contributed by atoms with E-state index >= 15 is 0 Å². The number of anilines is 1. The van der Waals surface area contributed by atoms with Crippen molar-refractivity contribution in [2.75, 3.05) is 18.0 Å². The van der Waals surface area contributed by atoms with Gasteiger partial charge in [0, 0.05) is 38.5 Å². The average Bonchev–Trinajstić information content (AvgIpc) is 2.94. The zero-order valence-corrected chi connectivity index (χ0v) is 13.5. The van der Waals surface area contributed by atoms with Crippen LogP contribution in [0.4, 0.5) is 5.82 Å². The number of hydrogen-bond acceptors (Lipinski definition) is 4. The standard InChI is InChI=1S/C15H15Cl2N3O2/c1-19-7-5-18-14(15(19)21)20-6-4-11(9-20)22-10-2-3-12(16)13(17)8-10/h2-3,5,7-8,11H,4,6,9H2,1H3/t11-/m0/s1. The summed E-state index contributed by atoms with van der Waals surface area (Å²) in [6.45, 7) is 1.35. The minimum Gasteiger partial charge on any atom is -0.488 e. The van der Waals surface area contributed by atoms with E-state index in [0.717, 1.165) is 13.0 Å². The third kappa shape index (κ3) is 3.05. The number of halogens is 2. The van der Waals surface area contributed by atoms with Gasteiger partial charge in [0.2, 0.25) is 0 Å². The zero-order chi connectivity index (χ0) is 15.7. The highest BCUT2D eigenvalue weighted by atomic mass is 35.5. The topological polar surface area (TPSA) is 47.4 Å². The van der Waals surface area contributed by atoms with Crippen molar-refractivity contribution in [1.29, 1.82) is 0 Å². The lowest BCUT2D eigenvalue weighted by molar-refractivity contribution is 0.225. The molecular weight excluding hydrogens is 325 g/mol. The highest BCUT2D eigenvalue weighted by Gasteiger charge is 2.27. The van der Waals surface area contributed by atoms with Crippen molar-refractivity contribution in [1.82, 2.24) is 9.55 Å². The van der Waals surface area contributed by atoms with E-state index in [-0.39, 0.29) is 11.7 Å². The molecule has 1 aromatic carbocycles. The maximum absolute atomic E-state index is 12.1. The number of rotatable bonds is 3. The molecule has 0 bridgehead atoms. The Bertz CT molecular complexity index is 748. The summed E-state index contributed by atoms with van der Waals surface area (Å²) in [5.74, 6) is 1.14. The van der Waals surface area contributed by atoms with Gasteiger partial charge >= 0.3 is 0 Å². The zero-order valence-electron chi connectivity index (χ0n) is 12.0. The molecule has 1 fully saturated rings. The average molecular weight is 340 g/mol. The third-order valence-corrected chi connectivity index (χ3v) is 4.38. The Morgan fingerprint density at radius 3 is 2.91 bits per heavy atom. The fraction of sp³-hybridized carbons (Fsp3) is 0.333. The first-order valence-corrected chi connectivity index (χ1v) is 7.68. The molecule has 0 aliphatic carbocycles. The van der Waals surface area contributed by atoms with E-state index in [0.29, 0.717) is 28.2 Å². The SMILES string of the molecule is Cn1ccnc(N2CC[C@H](Oc3ccc(Cl)c(Cl)c3)C2)c1=O. The summed E-state index contributed by atoms with van der Waals surface area (Å²) in [6, 6.07) is 5.20. The monoisotopic (exact) mass is 339 g/mol. The molecule has 1 saturated heterocycles. The van der Waals surface area contributed by atoms with Crippen LogP contribution in [0.25, 0.3) is 0 Å². The lowest BCUT2D eigenvalue weighted by Crippen LogP contribution is -2.32. The van der Waals surface area contributed by atoms with Gasteiger partial charge in [-0.05, 0) is 12.1 Å². The molecule has 0 unspecified atom stereocenters. The second kappa shape index (κ2) is 6.18. The molecule has 116 valence electrons. The number of benzene rings is 1. The van der Waals surface area contributed by atoms with E-state index in [1.807, 2.05) is 4.90 Å². The molecule has 1 aliphatic rings. The highest BCUT2D eigenvalue weighted by Crippen LogP contribution is 2.28. The summed E-state index contributed by atoms with van der Waals surface area (Å²) < 4.78 is 7.43. The van der Waals surface area contributed by atoms with E-state index in [1.54, 1.807) is 37.6 Å². The quantitative estimate of drug-likeness (QED) is 0.862. The third-order valence-electron chi connectivity index (χ3n) is 3.64. The van der Waals surface area contributed by atoms with Gasteiger partial charge in [0.15, 0.2) is 5.82 Å². The number of nitrogens with zero attached hydrogens (tertiary/aromatic N) is 3. The second-order valence-electron chi connectivity index (χ2n) is 5.22. The summed E-state index contributed by atoms with van der Waals surface area (Å²) in [5, 5.41) is 0.965. The van der Waals surface area contributed by atoms with E-state index in [1.165, 1.54) is 4.57 Å². The first-order valence-electron chi connectivity index (χ1n) is 6.93. The van der Waals surface area contributed by atoms with Crippen LogP contribution in [-0.2, 0) is 7.05 Å². The van der Waals surface area contributed by atoms with Crippen LogP contribution in [0.5, 0.6) is 5.75 Å². The Labute approximate surface area is 138 Å². The Balaban J connectivity index is 1.71. The molecule has 2 aromatic rings. The predicted molar refractivity (Wildman–Crippen MR) is 87.2 cm³/mol. The van der Waals surface area contributed by atoms with Gasteiger partial charge in [0.05, 0.1) is 16.6 Å². The summed E-state index contributed by atoms with van der Waals surface area (Å²) in [6.07, 6.45) is 4.08. The van der Waals surface area contributed by atoms with Crippen LogP contribution in [0.3, 0.4) is 0 Å². The minimum absolute atomic E-state index is 0.0102. The van der Waals surface area contributed by atoms with E-state index in [2.05, 4.69) is 4.98 Å².